The summed E-state index contributed by atoms with van der Waals surface area (Å²) >= 11 is 1.62. The molecule has 0 aliphatic carbocycles. The van der Waals surface area contributed by atoms with Gasteiger partial charge in [0.05, 0.1) is 17.8 Å². The van der Waals surface area contributed by atoms with E-state index in [2.05, 4.69) is 10.3 Å². The van der Waals surface area contributed by atoms with Gasteiger partial charge in [-0.2, -0.15) is 5.06 Å². The number of rotatable bonds is 7. The van der Waals surface area contributed by atoms with Gasteiger partial charge in [-0.25, -0.2) is 4.98 Å². The fraction of sp³-hybridized carbons (Fsp3) is 0.375. The minimum atomic E-state index is -0.0546. The maximum absolute atomic E-state index is 12.0. The third-order valence-electron chi connectivity index (χ3n) is 3.31. The second kappa shape index (κ2) is 8.03. The molecule has 0 atom stereocenters. The van der Waals surface area contributed by atoms with Crippen LogP contribution in [0.25, 0.3) is 11.3 Å². The lowest BCUT2D eigenvalue weighted by Gasteiger charge is -2.13. The van der Waals surface area contributed by atoms with Crippen molar-refractivity contribution in [3.05, 3.63) is 40.2 Å². The molecule has 22 heavy (non-hydrogen) atoms. The smallest absolute Gasteiger partial charge is 0.251 e. The number of hydrogen-bond acceptors (Lipinski definition) is 5. The SMILES string of the molecule is CON(C)CCCNC(=O)c1ccc(-c2csc(C)n2)cc1. The quantitative estimate of drug-likeness (QED) is 0.630. The first-order valence-corrected chi connectivity index (χ1v) is 8.04. The molecule has 0 aliphatic heterocycles. The van der Waals surface area contributed by atoms with Gasteiger partial charge in [-0.3, -0.25) is 4.79 Å². The highest BCUT2D eigenvalue weighted by atomic mass is 32.1. The third-order valence-corrected chi connectivity index (χ3v) is 4.08. The molecule has 0 radical (unpaired) electrons. The van der Waals surface area contributed by atoms with Gasteiger partial charge in [0.1, 0.15) is 0 Å². The van der Waals surface area contributed by atoms with Crippen molar-refractivity contribution in [2.75, 3.05) is 27.2 Å². The van der Waals surface area contributed by atoms with Crippen molar-refractivity contribution in [2.24, 2.45) is 0 Å². The molecular formula is C16H21N3O2S. The highest BCUT2D eigenvalue weighted by Crippen LogP contribution is 2.21. The van der Waals surface area contributed by atoms with Crippen LogP contribution in [-0.2, 0) is 4.84 Å². The van der Waals surface area contributed by atoms with Crippen LogP contribution in [0.3, 0.4) is 0 Å². The molecule has 0 saturated carbocycles. The Hall–Kier alpha value is -1.76. The van der Waals surface area contributed by atoms with E-state index < -0.39 is 0 Å². The van der Waals surface area contributed by atoms with Crippen LogP contribution in [0.4, 0.5) is 0 Å². The van der Waals surface area contributed by atoms with E-state index in [9.17, 15) is 4.79 Å². The first kappa shape index (κ1) is 16.6. The Morgan fingerprint density at radius 3 is 2.68 bits per heavy atom. The number of aromatic nitrogens is 1. The molecule has 1 amide bonds. The number of carbonyl (C=O) groups excluding carboxylic acids is 1. The van der Waals surface area contributed by atoms with E-state index in [-0.39, 0.29) is 5.91 Å². The average molecular weight is 319 g/mol. The van der Waals surface area contributed by atoms with E-state index in [1.54, 1.807) is 23.5 Å². The molecule has 0 unspecified atom stereocenters. The van der Waals surface area contributed by atoms with Gasteiger partial charge in [0.25, 0.3) is 5.91 Å². The van der Waals surface area contributed by atoms with Crippen LogP contribution >= 0.6 is 11.3 Å². The zero-order valence-electron chi connectivity index (χ0n) is 13.1. The Kier molecular flexibility index (Phi) is 6.06. The highest BCUT2D eigenvalue weighted by Gasteiger charge is 2.07. The lowest BCUT2D eigenvalue weighted by molar-refractivity contribution is -0.109. The standard InChI is InChI=1S/C16H21N3O2S/c1-12-18-15(11-22-12)13-5-7-14(8-6-13)16(20)17-9-4-10-19(2)21-3/h5-8,11H,4,9-10H2,1-3H3,(H,17,20). The Balaban J connectivity index is 1.86. The number of aryl methyl sites for hydroxylation is 1. The van der Waals surface area contributed by atoms with E-state index in [1.165, 1.54) is 0 Å². The fourth-order valence-corrected chi connectivity index (χ4v) is 2.61. The predicted octanol–water partition coefficient (Wildman–Crippen LogP) is 2.73. The van der Waals surface area contributed by atoms with Crippen LogP contribution < -0.4 is 5.32 Å². The molecule has 0 bridgehead atoms. The number of benzene rings is 1. The van der Waals surface area contributed by atoms with Gasteiger partial charge in [-0.1, -0.05) is 12.1 Å². The number of amides is 1. The molecule has 2 rings (SSSR count). The summed E-state index contributed by atoms with van der Waals surface area (Å²) < 4.78 is 0. The van der Waals surface area contributed by atoms with Gasteiger partial charge in [0.2, 0.25) is 0 Å². The van der Waals surface area contributed by atoms with Crippen LogP contribution in [0, 0.1) is 6.92 Å². The van der Waals surface area contributed by atoms with Crippen molar-refractivity contribution in [1.82, 2.24) is 15.4 Å². The van der Waals surface area contributed by atoms with Crippen LogP contribution in [0.2, 0.25) is 0 Å². The average Bonchev–Trinajstić information content (AvgIpc) is 2.97. The fourth-order valence-electron chi connectivity index (χ4n) is 1.99. The van der Waals surface area contributed by atoms with Crippen LogP contribution in [0.1, 0.15) is 21.8 Å². The van der Waals surface area contributed by atoms with Crippen LogP contribution in [-0.4, -0.2) is 43.2 Å². The summed E-state index contributed by atoms with van der Waals surface area (Å²) in [6, 6.07) is 7.53. The van der Waals surface area contributed by atoms with E-state index in [0.717, 1.165) is 29.2 Å². The lowest BCUT2D eigenvalue weighted by Crippen LogP contribution is -2.27. The number of nitrogens with zero attached hydrogens (tertiary/aromatic N) is 2. The lowest BCUT2D eigenvalue weighted by atomic mass is 10.1. The van der Waals surface area contributed by atoms with E-state index in [1.807, 2.05) is 43.6 Å². The summed E-state index contributed by atoms with van der Waals surface area (Å²) in [7, 11) is 3.49. The molecule has 1 heterocycles. The predicted molar refractivity (Wildman–Crippen MR) is 88.9 cm³/mol. The summed E-state index contributed by atoms with van der Waals surface area (Å²) in [6.45, 7) is 3.38. The highest BCUT2D eigenvalue weighted by molar-refractivity contribution is 7.09. The molecule has 2 aromatic rings. The maximum Gasteiger partial charge on any atom is 0.251 e. The Bertz CT molecular complexity index is 610. The maximum atomic E-state index is 12.0. The number of hydroxylamine groups is 2. The van der Waals surface area contributed by atoms with Gasteiger partial charge < -0.3 is 10.2 Å². The summed E-state index contributed by atoms with van der Waals surface area (Å²) in [4.78, 5) is 21.5. The number of thiazole rings is 1. The molecule has 1 N–H and O–H groups in total. The zero-order valence-corrected chi connectivity index (χ0v) is 13.9. The summed E-state index contributed by atoms with van der Waals surface area (Å²) in [5.74, 6) is -0.0546. The first-order chi connectivity index (χ1) is 10.6. The molecule has 0 fully saturated rings. The molecule has 0 aliphatic rings. The second-order valence-electron chi connectivity index (χ2n) is 4.97. The Morgan fingerprint density at radius 2 is 2.09 bits per heavy atom. The summed E-state index contributed by atoms with van der Waals surface area (Å²) in [5, 5.41) is 7.70. The molecule has 5 nitrogen and oxygen atoms in total. The van der Waals surface area contributed by atoms with Gasteiger partial charge in [0.15, 0.2) is 0 Å². The van der Waals surface area contributed by atoms with Crippen molar-refractivity contribution in [3.8, 4) is 11.3 Å². The van der Waals surface area contributed by atoms with E-state index in [0.29, 0.717) is 12.1 Å². The third kappa shape index (κ3) is 4.62. The number of carbonyl (C=O) groups is 1. The van der Waals surface area contributed by atoms with E-state index in [4.69, 9.17) is 4.84 Å². The van der Waals surface area contributed by atoms with Gasteiger partial charge in [-0.05, 0) is 25.5 Å². The number of nitrogens with one attached hydrogen (secondary N) is 1. The number of hydrogen-bond donors (Lipinski definition) is 1. The topological polar surface area (TPSA) is 54.5 Å². The Labute approximate surface area is 134 Å². The molecule has 1 aromatic heterocycles. The van der Waals surface area contributed by atoms with Gasteiger partial charge >= 0.3 is 0 Å². The second-order valence-corrected chi connectivity index (χ2v) is 6.03. The zero-order chi connectivity index (χ0) is 15.9. The van der Waals surface area contributed by atoms with Crippen molar-refractivity contribution in [3.63, 3.8) is 0 Å². The molecule has 0 saturated heterocycles. The van der Waals surface area contributed by atoms with Gasteiger partial charge in [0, 0.05) is 36.6 Å². The van der Waals surface area contributed by atoms with Crippen molar-refractivity contribution in [1.29, 1.82) is 0 Å². The first-order valence-electron chi connectivity index (χ1n) is 7.16. The molecule has 1 aromatic carbocycles. The summed E-state index contributed by atoms with van der Waals surface area (Å²) in [6.07, 6.45) is 0.840. The molecule has 0 spiro atoms. The monoisotopic (exact) mass is 319 g/mol. The van der Waals surface area contributed by atoms with Crippen LogP contribution in [0.5, 0.6) is 0 Å². The molecule has 6 heteroatoms. The molecular weight excluding hydrogens is 298 g/mol. The minimum Gasteiger partial charge on any atom is -0.352 e. The normalized spacial score (nSPS) is 10.9. The van der Waals surface area contributed by atoms with Crippen molar-refractivity contribution < 1.29 is 9.63 Å². The van der Waals surface area contributed by atoms with Crippen LogP contribution in [0.15, 0.2) is 29.6 Å². The van der Waals surface area contributed by atoms with Crippen molar-refractivity contribution in [2.45, 2.75) is 13.3 Å². The minimum absolute atomic E-state index is 0.0546. The molecule has 118 valence electrons. The largest absolute Gasteiger partial charge is 0.352 e. The summed E-state index contributed by atoms with van der Waals surface area (Å²) in [5.41, 5.74) is 2.65. The van der Waals surface area contributed by atoms with Crippen molar-refractivity contribution >= 4 is 17.2 Å². The van der Waals surface area contributed by atoms with E-state index >= 15 is 0 Å². The Morgan fingerprint density at radius 1 is 1.36 bits per heavy atom. The van der Waals surface area contributed by atoms with Gasteiger partial charge in [-0.15, -0.1) is 11.3 Å².